The maximum atomic E-state index is 5.20. The third-order valence-corrected chi connectivity index (χ3v) is 3.72. The van der Waals surface area contributed by atoms with E-state index in [9.17, 15) is 0 Å². The van der Waals surface area contributed by atoms with Crippen molar-refractivity contribution in [2.24, 2.45) is 0 Å². The standard InChI is InChI=1S/C10H10OS2/c1-6-3-7(11-2)4-8-9(12)5-13-10(6)8/h3-5,12H,1-2H3. The second kappa shape index (κ2) is 3.24. The highest BCUT2D eigenvalue weighted by atomic mass is 32.1. The normalized spacial score (nSPS) is 10.7. The van der Waals surface area contributed by atoms with Crippen molar-refractivity contribution in [3.05, 3.63) is 23.1 Å². The van der Waals surface area contributed by atoms with E-state index in [4.69, 9.17) is 4.74 Å². The molecular formula is C10H10OS2. The van der Waals surface area contributed by atoms with Crippen LogP contribution in [0.15, 0.2) is 22.4 Å². The highest BCUT2D eigenvalue weighted by Crippen LogP contribution is 2.34. The van der Waals surface area contributed by atoms with Crippen LogP contribution in [0.1, 0.15) is 5.56 Å². The minimum absolute atomic E-state index is 0.902. The Morgan fingerprint density at radius 3 is 2.85 bits per heavy atom. The van der Waals surface area contributed by atoms with Gasteiger partial charge in [-0.3, -0.25) is 0 Å². The Balaban J connectivity index is 2.80. The van der Waals surface area contributed by atoms with E-state index >= 15 is 0 Å². The Morgan fingerprint density at radius 2 is 2.15 bits per heavy atom. The molecule has 0 unspecified atom stereocenters. The summed E-state index contributed by atoms with van der Waals surface area (Å²) in [4.78, 5) is 1.03. The van der Waals surface area contributed by atoms with Crippen molar-refractivity contribution >= 4 is 34.1 Å². The van der Waals surface area contributed by atoms with Gasteiger partial charge in [-0.25, -0.2) is 0 Å². The number of ether oxygens (including phenoxy) is 1. The summed E-state index contributed by atoms with van der Waals surface area (Å²) in [5.41, 5.74) is 1.25. The quantitative estimate of drug-likeness (QED) is 0.709. The first-order valence-corrected chi connectivity index (χ1v) is 5.30. The van der Waals surface area contributed by atoms with Gasteiger partial charge in [0, 0.05) is 20.4 Å². The van der Waals surface area contributed by atoms with Gasteiger partial charge in [0.2, 0.25) is 0 Å². The average molecular weight is 210 g/mol. The van der Waals surface area contributed by atoms with Gasteiger partial charge in [-0.15, -0.1) is 24.0 Å². The topological polar surface area (TPSA) is 9.23 Å². The van der Waals surface area contributed by atoms with E-state index in [1.807, 2.05) is 12.1 Å². The van der Waals surface area contributed by atoms with Crippen molar-refractivity contribution in [3.63, 3.8) is 0 Å². The van der Waals surface area contributed by atoms with Gasteiger partial charge in [-0.1, -0.05) is 0 Å². The molecule has 13 heavy (non-hydrogen) atoms. The molecule has 1 aromatic heterocycles. The fourth-order valence-electron chi connectivity index (χ4n) is 1.38. The van der Waals surface area contributed by atoms with Crippen LogP contribution in [-0.4, -0.2) is 7.11 Å². The minimum atomic E-state index is 0.902. The van der Waals surface area contributed by atoms with Crippen molar-refractivity contribution < 1.29 is 4.74 Å². The van der Waals surface area contributed by atoms with Crippen LogP contribution in [0, 0.1) is 6.92 Å². The van der Waals surface area contributed by atoms with E-state index in [2.05, 4.69) is 24.9 Å². The van der Waals surface area contributed by atoms with Crippen LogP contribution in [0.2, 0.25) is 0 Å². The minimum Gasteiger partial charge on any atom is -0.497 e. The van der Waals surface area contributed by atoms with Crippen molar-refractivity contribution in [1.82, 2.24) is 0 Å². The summed E-state index contributed by atoms with van der Waals surface area (Å²) in [6.45, 7) is 2.09. The fourth-order valence-corrected chi connectivity index (χ4v) is 2.69. The summed E-state index contributed by atoms with van der Waals surface area (Å²) in [6.07, 6.45) is 0. The van der Waals surface area contributed by atoms with E-state index in [1.165, 1.54) is 15.6 Å². The molecule has 2 aromatic rings. The first-order chi connectivity index (χ1) is 6.22. The molecule has 0 fully saturated rings. The van der Waals surface area contributed by atoms with Crippen LogP contribution in [0.5, 0.6) is 5.75 Å². The number of thiol groups is 1. The molecular weight excluding hydrogens is 200 g/mol. The van der Waals surface area contributed by atoms with Gasteiger partial charge in [-0.2, -0.15) is 0 Å². The highest BCUT2D eigenvalue weighted by Gasteiger charge is 2.05. The molecule has 1 heterocycles. The third-order valence-electron chi connectivity index (χ3n) is 2.05. The zero-order valence-corrected chi connectivity index (χ0v) is 9.21. The highest BCUT2D eigenvalue weighted by molar-refractivity contribution is 7.80. The molecule has 0 saturated carbocycles. The SMILES string of the molecule is COc1cc(C)c2scc(S)c2c1. The summed E-state index contributed by atoms with van der Waals surface area (Å²) in [7, 11) is 1.69. The number of benzene rings is 1. The summed E-state index contributed by atoms with van der Waals surface area (Å²) in [6, 6.07) is 4.08. The number of hydrogen-bond acceptors (Lipinski definition) is 3. The van der Waals surface area contributed by atoms with Gasteiger partial charge in [0.15, 0.2) is 0 Å². The molecule has 0 N–H and O–H groups in total. The first-order valence-electron chi connectivity index (χ1n) is 3.97. The average Bonchev–Trinajstić information content (AvgIpc) is 2.48. The Hall–Kier alpha value is -0.670. The lowest BCUT2D eigenvalue weighted by atomic mass is 10.2. The molecule has 3 heteroatoms. The zero-order chi connectivity index (χ0) is 9.42. The van der Waals surface area contributed by atoms with Crippen LogP contribution in [-0.2, 0) is 0 Å². The van der Waals surface area contributed by atoms with Crippen molar-refractivity contribution in [2.75, 3.05) is 7.11 Å². The second-order valence-corrected chi connectivity index (χ2v) is 4.30. The molecule has 1 nitrogen and oxygen atoms in total. The van der Waals surface area contributed by atoms with Crippen LogP contribution in [0.3, 0.4) is 0 Å². The van der Waals surface area contributed by atoms with Crippen LogP contribution in [0.4, 0.5) is 0 Å². The first kappa shape index (κ1) is 8.91. The van der Waals surface area contributed by atoms with Gasteiger partial charge in [-0.05, 0) is 24.6 Å². The molecule has 0 bridgehead atoms. The van der Waals surface area contributed by atoms with E-state index in [0.717, 1.165) is 10.6 Å². The number of aryl methyl sites for hydroxylation is 1. The molecule has 0 atom stereocenters. The predicted octanol–water partition coefficient (Wildman–Crippen LogP) is 3.51. The molecule has 1 aromatic carbocycles. The number of methoxy groups -OCH3 is 1. The largest absolute Gasteiger partial charge is 0.497 e. The number of hydrogen-bond donors (Lipinski definition) is 1. The van der Waals surface area contributed by atoms with Crippen LogP contribution < -0.4 is 4.74 Å². The van der Waals surface area contributed by atoms with Gasteiger partial charge >= 0.3 is 0 Å². The van der Waals surface area contributed by atoms with Gasteiger partial charge < -0.3 is 4.74 Å². The predicted molar refractivity (Wildman–Crippen MR) is 60.4 cm³/mol. The van der Waals surface area contributed by atoms with Gasteiger partial charge in [0.05, 0.1) is 7.11 Å². The molecule has 0 spiro atoms. The lowest BCUT2D eigenvalue weighted by molar-refractivity contribution is 0.415. The Labute approximate surface area is 86.8 Å². The lowest BCUT2D eigenvalue weighted by Crippen LogP contribution is -1.83. The smallest absolute Gasteiger partial charge is 0.119 e. The number of rotatable bonds is 1. The molecule has 0 aliphatic heterocycles. The van der Waals surface area contributed by atoms with E-state index in [0.29, 0.717) is 0 Å². The maximum absolute atomic E-state index is 5.20. The fraction of sp³-hybridized carbons (Fsp3) is 0.200. The summed E-state index contributed by atoms with van der Waals surface area (Å²) in [5.74, 6) is 0.902. The summed E-state index contributed by atoms with van der Waals surface area (Å²) < 4.78 is 6.50. The Kier molecular flexibility index (Phi) is 2.22. The molecule has 0 amide bonds. The van der Waals surface area contributed by atoms with E-state index < -0.39 is 0 Å². The third kappa shape index (κ3) is 1.42. The lowest BCUT2D eigenvalue weighted by Gasteiger charge is -2.02. The monoisotopic (exact) mass is 210 g/mol. The van der Waals surface area contributed by atoms with Gasteiger partial charge in [0.25, 0.3) is 0 Å². The van der Waals surface area contributed by atoms with Crippen molar-refractivity contribution in [3.8, 4) is 5.75 Å². The zero-order valence-electron chi connectivity index (χ0n) is 7.50. The number of fused-ring (bicyclic) bond motifs is 1. The Bertz CT molecular complexity index is 445. The molecule has 0 aliphatic rings. The molecule has 2 rings (SSSR count). The number of thiophene rings is 1. The van der Waals surface area contributed by atoms with Crippen LogP contribution in [0.25, 0.3) is 10.1 Å². The van der Waals surface area contributed by atoms with E-state index in [-0.39, 0.29) is 0 Å². The summed E-state index contributed by atoms with van der Waals surface area (Å²) in [5, 5.41) is 3.24. The van der Waals surface area contributed by atoms with Gasteiger partial charge in [0.1, 0.15) is 5.75 Å². The molecule has 0 saturated heterocycles. The van der Waals surface area contributed by atoms with E-state index in [1.54, 1.807) is 18.4 Å². The van der Waals surface area contributed by atoms with Crippen molar-refractivity contribution in [1.29, 1.82) is 0 Å². The van der Waals surface area contributed by atoms with Crippen LogP contribution >= 0.6 is 24.0 Å². The van der Waals surface area contributed by atoms with Crippen molar-refractivity contribution in [2.45, 2.75) is 11.8 Å². The summed E-state index contributed by atoms with van der Waals surface area (Å²) >= 11 is 6.12. The second-order valence-electron chi connectivity index (χ2n) is 2.94. The maximum Gasteiger partial charge on any atom is 0.119 e. The molecule has 0 radical (unpaired) electrons. The molecule has 68 valence electrons. The Morgan fingerprint density at radius 1 is 1.38 bits per heavy atom. The molecule has 0 aliphatic carbocycles.